The van der Waals surface area contributed by atoms with Crippen LogP contribution in [0.2, 0.25) is 0 Å². The normalized spacial score (nSPS) is 20.7. The first-order valence-electron chi connectivity index (χ1n) is 22.2. The van der Waals surface area contributed by atoms with Crippen LogP contribution < -0.4 is 20.3 Å². The first-order chi connectivity index (χ1) is 31.2. The number of pyridine rings is 1. The minimum absolute atomic E-state index is 0.0668. The van der Waals surface area contributed by atoms with Crippen molar-refractivity contribution in [2.75, 3.05) is 63.1 Å². The van der Waals surface area contributed by atoms with Gasteiger partial charge in [0.1, 0.15) is 23.2 Å². The highest BCUT2D eigenvalue weighted by Crippen LogP contribution is 2.44. The van der Waals surface area contributed by atoms with Crippen LogP contribution in [-0.2, 0) is 27.1 Å². The molecule has 6 amide bonds. The van der Waals surface area contributed by atoms with Gasteiger partial charge in [-0.3, -0.25) is 43.7 Å². The van der Waals surface area contributed by atoms with Gasteiger partial charge < -0.3 is 24.8 Å². The number of carbonyl (C=O) groups excluding carboxylic acids is 6. The van der Waals surface area contributed by atoms with Crippen LogP contribution in [0, 0.1) is 11.3 Å². The van der Waals surface area contributed by atoms with Gasteiger partial charge in [-0.15, -0.1) is 0 Å². The van der Waals surface area contributed by atoms with Gasteiger partial charge in [-0.1, -0.05) is 12.1 Å². The van der Waals surface area contributed by atoms with Crippen molar-refractivity contribution in [1.82, 2.24) is 34.8 Å². The number of benzene rings is 2. The highest BCUT2D eigenvalue weighted by molar-refractivity contribution is 6.25. The zero-order chi connectivity index (χ0) is 45.6. The number of anilines is 2. The Morgan fingerprint density at radius 1 is 0.892 bits per heavy atom. The Balaban J connectivity index is 0.720. The second-order valence-electron chi connectivity index (χ2n) is 17.9. The van der Waals surface area contributed by atoms with E-state index in [4.69, 9.17) is 4.74 Å². The number of likely N-dealkylation sites (tertiary alicyclic amines) is 2. The lowest BCUT2D eigenvalue weighted by molar-refractivity contribution is -0.141. The maximum atomic E-state index is 13.7. The van der Waals surface area contributed by atoms with E-state index in [0.717, 1.165) is 93.7 Å². The van der Waals surface area contributed by atoms with Crippen molar-refractivity contribution >= 4 is 57.7 Å². The Morgan fingerprint density at radius 2 is 1.62 bits per heavy atom. The quantitative estimate of drug-likeness (QED) is 0.202. The Labute approximate surface area is 372 Å². The lowest BCUT2D eigenvalue weighted by Gasteiger charge is -2.47. The highest BCUT2D eigenvalue weighted by atomic mass is 19.4. The average molecular weight is 898 g/mol. The van der Waals surface area contributed by atoms with E-state index in [0.29, 0.717) is 54.5 Å². The third-order valence-electron chi connectivity index (χ3n) is 14.0. The SMILES string of the molecule is COc1cc2nn(CCN3CCC(CC(=O)N4CCC5(CC4)CCN(c4cccc6c4C(=O)N(C4CCC(=O)NC4=O)C6=O)CC5)CC3)cc2cc1NC(=O)c1cccc(C(F)(F)F)n1. The number of aromatic nitrogens is 3. The van der Waals surface area contributed by atoms with Crippen LogP contribution >= 0.6 is 0 Å². The summed E-state index contributed by atoms with van der Waals surface area (Å²) in [6, 6.07) is 10.7. The number of carbonyl (C=O) groups is 6. The van der Waals surface area contributed by atoms with Gasteiger partial charge in [0.15, 0.2) is 0 Å². The van der Waals surface area contributed by atoms with Gasteiger partial charge in [-0.05, 0) is 99.7 Å². The number of hydrogen-bond acceptors (Lipinski definition) is 11. The van der Waals surface area contributed by atoms with Gasteiger partial charge in [-0.25, -0.2) is 4.98 Å². The third-order valence-corrected chi connectivity index (χ3v) is 14.0. The number of ether oxygens (including phenoxy) is 1. The van der Waals surface area contributed by atoms with Crippen molar-refractivity contribution in [3.8, 4) is 5.75 Å². The number of halogens is 3. The number of piperidine rings is 4. The summed E-state index contributed by atoms with van der Waals surface area (Å²) in [5.41, 5.74) is 0.780. The van der Waals surface area contributed by atoms with Crippen molar-refractivity contribution in [2.24, 2.45) is 11.3 Å². The van der Waals surface area contributed by atoms with Crippen LogP contribution in [0.3, 0.4) is 0 Å². The maximum Gasteiger partial charge on any atom is 0.433 e. The predicted molar refractivity (Wildman–Crippen MR) is 230 cm³/mol. The number of methoxy groups -OCH3 is 1. The number of rotatable bonds is 10. The number of hydrogen-bond donors (Lipinski definition) is 2. The largest absolute Gasteiger partial charge is 0.494 e. The molecule has 0 bridgehead atoms. The number of fused-ring (bicyclic) bond motifs is 2. The molecule has 2 N–H and O–H groups in total. The van der Waals surface area contributed by atoms with Crippen molar-refractivity contribution in [1.29, 1.82) is 0 Å². The van der Waals surface area contributed by atoms with E-state index in [9.17, 15) is 41.9 Å². The van der Waals surface area contributed by atoms with E-state index in [2.05, 4.69) is 30.5 Å². The molecule has 2 aromatic carbocycles. The molecule has 0 aliphatic carbocycles. The zero-order valence-electron chi connectivity index (χ0n) is 36.0. The van der Waals surface area contributed by atoms with Crippen molar-refractivity contribution in [3.63, 3.8) is 0 Å². The van der Waals surface area contributed by atoms with E-state index < -0.39 is 47.4 Å². The van der Waals surface area contributed by atoms with Gasteiger partial charge >= 0.3 is 6.18 Å². The van der Waals surface area contributed by atoms with E-state index in [1.165, 1.54) is 13.2 Å². The van der Waals surface area contributed by atoms with Crippen molar-refractivity contribution in [2.45, 2.75) is 76.6 Å². The van der Waals surface area contributed by atoms with E-state index in [1.54, 1.807) is 24.3 Å². The number of imide groups is 2. The molecule has 16 nitrogen and oxygen atoms in total. The van der Waals surface area contributed by atoms with Crippen LogP contribution in [0.25, 0.3) is 10.9 Å². The summed E-state index contributed by atoms with van der Waals surface area (Å²) in [4.78, 5) is 88.9. The molecular formula is C46H50F3N9O7. The van der Waals surface area contributed by atoms with Crippen LogP contribution in [0.15, 0.2) is 54.7 Å². The lowest BCUT2D eigenvalue weighted by Crippen LogP contribution is -2.54. The molecule has 0 saturated carbocycles. The first kappa shape index (κ1) is 43.9. The van der Waals surface area contributed by atoms with E-state index in [-0.39, 0.29) is 41.1 Å². The van der Waals surface area contributed by atoms with Gasteiger partial charge in [0.05, 0.1) is 41.7 Å². The van der Waals surface area contributed by atoms with Gasteiger partial charge in [-0.2, -0.15) is 18.3 Å². The third kappa shape index (κ3) is 8.89. The monoisotopic (exact) mass is 897 g/mol. The van der Waals surface area contributed by atoms with Gasteiger partial charge in [0.2, 0.25) is 17.7 Å². The fourth-order valence-electron chi connectivity index (χ4n) is 10.1. The highest BCUT2D eigenvalue weighted by Gasteiger charge is 2.47. The van der Waals surface area contributed by atoms with Gasteiger partial charge in [0, 0.05) is 63.2 Å². The lowest BCUT2D eigenvalue weighted by atomic mass is 9.71. The summed E-state index contributed by atoms with van der Waals surface area (Å²) < 4.78 is 46.8. The molecule has 0 radical (unpaired) electrons. The summed E-state index contributed by atoms with van der Waals surface area (Å²) >= 11 is 0. The molecule has 4 fully saturated rings. The second kappa shape index (κ2) is 17.5. The summed E-state index contributed by atoms with van der Waals surface area (Å²) in [6.07, 6.45) is 3.37. The fraction of sp³-hybridized carbons (Fsp3) is 0.478. The topological polar surface area (TPSA) is 179 Å². The molecule has 7 heterocycles. The summed E-state index contributed by atoms with van der Waals surface area (Å²) in [6.45, 7) is 5.96. The number of alkyl halides is 3. The average Bonchev–Trinajstić information content (AvgIpc) is 3.82. The molecule has 19 heteroatoms. The molecular weight excluding hydrogens is 848 g/mol. The predicted octanol–water partition coefficient (Wildman–Crippen LogP) is 5.12. The van der Waals surface area contributed by atoms with E-state index in [1.807, 2.05) is 21.8 Å². The molecule has 5 aliphatic heterocycles. The van der Waals surface area contributed by atoms with E-state index >= 15 is 0 Å². The first-order valence-corrected chi connectivity index (χ1v) is 22.2. The molecule has 1 spiro atoms. The summed E-state index contributed by atoms with van der Waals surface area (Å²) in [5, 5.41) is 10.3. The van der Waals surface area contributed by atoms with Crippen LogP contribution in [0.5, 0.6) is 5.75 Å². The number of nitrogens with one attached hydrogen (secondary N) is 2. The second-order valence-corrected chi connectivity index (χ2v) is 17.9. The molecule has 342 valence electrons. The summed E-state index contributed by atoms with van der Waals surface area (Å²) in [7, 11) is 1.43. The number of amides is 6. The summed E-state index contributed by atoms with van der Waals surface area (Å²) in [5.74, 6) is -2.02. The molecule has 1 unspecified atom stereocenters. The Bertz CT molecular complexity index is 2550. The van der Waals surface area contributed by atoms with Crippen molar-refractivity contribution in [3.05, 3.63) is 77.2 Å². The molecule has 4 aromatic rings. The number of nitrogens with zero attached hydrogens (tertiary/aromatic N) is 7. The molecule has 1 atom stereocenters. The maximum absolute atomic E-state index is 13.7. The van der Waals surface area contributed by atoms with Crippen LogP contribution in [0.4, 0.5) is 24.5 Å². The zero-order valence-corrected chi connectivity index (χ0v) is 36.0. The minimum atomic E-state index is -4.68. The molecule has 4 saturated heterocycles. The molecule has 2 aromatic heterocycles. The fourth-order valence-corrected chi connectivity index (χ4v) is 10.1. The van der Waals surface area contributed by atoms with Crippen LogP contribution in [0.1, 0.15) is 94.7 Å². The Kier molecular flexibility index (Phi) is 11.8. The Hall–Kier alpha value is -6.37. The van der Waals surface area contributed by atoms with Crippen molar-refractivity contribution < 1.29 is 46.7 Å². The smallest absolute Gasteiger partial charge is 0.433 e. The standard InChI is InChI=1S/C46H50F3N9O7/c1-65-36-26-32-29(25-33(36)51-41(61)31-5-3-7-37(50-31)46(47,48)49)27-57(53-32)23-22-54-16-10-28(11-17-54)24-39(60)56-20-14-45(15-21-56)12-18-55(19-13-45)34-6-2-4-30-40(34)44(64)58(43(30)63)35-8-9-38(59)52-42(35)62/h2-7,25-28,35H,8-24H2,1H3,(H,51,61)(H,52,59,62). The Morgan fingerprint density at radius 3 is 2.32 bits per heavy atom. The molecule has 9 rings (SSSR count). The molecule has 5 aliphatic rings. The van der Waals surface area contributed by atoms with Crippen LogP contribution in [-0.4, -0.2) is 124 Å². The minimum Gasteiger partial charge on any atom is -0.494 e. The molecule has 65 heavy (non-hydrogen) atoms. The van der Waals surface area contributed by atoms with Gasteiger partial charge in [0.25, 0.3) is 17.7 Å².